The molecule has 166 valence electrons. The van der Waals surface area contributed by atoms with Crippen LogP contribution in [0.1, 0.15) is 18.9 Å². The van der Waals surface area contributed by atoms with Crippen molar-refractivity contribution in [3.63, 3.8) is 0 Å². The maximum Gasteiger partial charge on any atom is 0.269 e. The van der Waals surface area contributed by atoms with Gasteiger partial charge in [-0.1, -0.05) is 0 Å². The third-order valence-corrected chi connectivity index (χ3v) is 7.38. The first-order valence-corrected chi connectivity index (χ1v) is 11.3. The van der Waals surface area contributed by atoms with E-state index in [1.807, 2.05) is 0 Å². The monoisotopic (exact) mass is 439 g/mol. The number of fused-ring (bicyclic) bond motifs is 1. The summed E-state index contributed by atoms with van der Waals surface area (Å²) < 4.78 is 43.2. The topological polar surface area (TPSA) is 97.4 Å². The highest BCUT2D eigenvalue weighted by Gasteiger charge is 2.38. The molecule has 1 aromatic rings. The highest BCUT2D eigenvalue weighted by molar-refractivity contribution is 7.97. The summed E-state index contributed by atoms with van der Waals surface area (Å²) in [4.78, 5) is 14.9. The summed E-state index contributed by atoms with van der Waals surface area (Å²) >= 11 is 0. The number of methoxy groups -OCH3 is 2. The molecular weight excluding hydrogens is 410 g/mol. The lowest BCUT2D eigenvalue weighted by Crippen LogP contribution is -2.40. The number of nitrogens with one attached hydrogen (secondary N) is 1. The van der Waals surface area contributed by atoms with Crippen LogP contribution in [0.25, 0.3) is 5.57 Å². The van der Waals surface area contributed by atoms with Crippen LogP contribution in [0.4, 0.5) is 5.69 Å². The molecule has 2 heterocycles. The van der Waals surface area contributed by atoms with Crippen molar-refractivity contribution in [3.8, 4) is 11.5 Å². The Labute approximate surface area is 177 Å². The molecule has 0 aromatic heterocycles. The number of carbonyl (C=O) groups is 1. The number of hydrogen-bond donors (Lipinski definition) is 1. The molecule has 1 aromatic carbocycles. The van der Waals surface area contributed by atoms with Crippen LogP contribution in [0.2, 0.25) is 0 Å². The zero-order valence-electron chi connectivity index (χ0n) is 17.9. The molecule has 2 aliphatic rings. The maximum absolute atomic E-state index is 13.1. The van der Waals surface area contributed by atoms with Crippen LogP contribution in [0, 0.1) is 0 Å². The van der Waals surface area contributed by atoms with Crippen molar-refractivity contribution in [2.75, 3.05) is 65.0 Å². The van der Waals surface area contributed by atoms with Crippen LogP contribution in [-0.2, 0) is 19.6 Å². The number of anilines is 1. The first-order chi connectivity index (χ1) is 14.3. The Kier molecular flexibility index (Phi) is 6.89. The van der Waals surface area contributed by atoms with Gasteiger partial charge in [-0.05, 0) is 31.5 Å². The van der Waals surface area contributed by atoms with Gasteiger partial charge >= 0.3 is 0 Å². The highest BCUT2D eigenvalue weighted by atomic mass is 32.2. The van der Waals surface area contributed by atoms with Gasteiger partial charge in [0.1, 0.15) is 0 Å². The van der Waals surface area contributed by atoms with Crippen LogP contribution in [0.3, 0.4) is 0 Å². The lowest BCUT2D eigenvalue weighted by atomic mass is 10.0. The lowest BCUT2D eigenvalue weighted by Gasteiger charge is -2.30. The third-order valence-electron chi connectivity index (χ3n) is 5.45. The largest absolute Gasteiger partial charge is 0.493 e. The van der Waals surface area contributed by atoms with Gasteiger partial charge in [0.15, 0.2) is 16.4 Å². The molecule has 1 fully saturated rings. The fourth-order valence-electron chi connectivity index (χ4n) is 3.71. The molecule has 0 unspecified atom stereocenters. The minimum Gasteiger partial charge on any atom is -0.493 e. The fourth-order valence-corrected chi connectivity index (χ4v) is 5.20. The van der Waals surface area contributed by atoms with Crippen molar-refractivity contribution in [2.24, 2.45) is 0 Å². The molecule has 2 aliphatic heterocycles. The van der Waals surface area contributed by atoms with E-state index >= 15 is 0 Å². The number of ether oxygens (including phenoxy) is 3. The molecule has 0 aliphatic carbocycles. The number of nitrogens with zero attached hydrogens (tertiary/aromatic N) is 2. The highest BCUT2D eigenvalue weighted by Crippen LogP contribution is 2.44. The molecule has 1 amide bonds. The Bertz CT molecular complexity index is 938. The average molecular weight is 440 g/mol. The molecule has 1 N–H and O–H groups in total. The van der Waals surface area contributed by atoms with Gasteiger partial charge < -0.3 is 19.5 Å². The summed E-state index contributed by atoms with van der Waals surface area (Å²) in [6.45, 7) is 6.05. The van der Waals surface area contributed by atoms with E-state index in [1.165, 1.54) is 21.3 Å². The van der Waals surface area contributed by atoms with E-state index in [9.17, 15) is 13.2 Å². The summed E-state index contributed by atoms with van der Waals surface area (Å²) in [5, 5.41) is 2.76. The number of morpholine rings is 1. The quantitative estimate of drug-likeness (QED) is 0.635. The normalized spacial score (nSPS) is 18.7. The fraction of sp³-hybridized carbons (Fsp3) is 0.550. The second kappa shape index (κ2) is 9.23. The average Bonchev–Trinajstić information content (AvgIpc) is 2.75. The lowest BCUT2D eigenvalue weighted by molar-refractivity contribution is -0.116. The van der Waals surface area contributed by atoms with E-state index in [2.05, 4.69) is 10.2 Å². The van der Waals surface area contributed by atoms with Crippen LogP contribution in [0.15, 0.2) is 17.0 Å². The van der Waals surface area contributed by atoms with Crippen molar-refractivity contribution < 1.29 is 27.4 Å². The third kappa shape index (κ3) is 4.26. The van der Waals surface area contributed by atoms with Gasteiger partial charge in [-0.25, -0.2) is 8.42 Å². The number of benzene rings is 1. The van der Waals surface area contributed by atoms with E-state index in [-0.39, 0.29) is 4.91 Å². The van der Waals surface area contributed by atoms with Crippen molar-refractivity contribution in [1.29, 1.82) is 0 Å². The van der Waals surface area contributed by atoms with Gasteiger partial charge in [0.25, 0.3) is 15.9 Å². The summed E-state index contributed by atoms with van der Waals surface area (Å²) in [6, 6.07) is 3.30. The first kappa shape index (κ1) is 22.4. The van der Waals surface area contributed by atoms with E-state index in [0.29, 0.717) is 34.9 Å². The van der Waals surface area contributed by atoms with Crippen LogP contribution >= 0.6 is 0 Å². The van der Waals surface area contributed by atoms with Gasteiger partial charge in [-0.2, -0.15) is 0 Å². The van der Waals surface area contributed by atoms with E-state index in [4.69, 9.17) is 14.2 Å². The summed E-state index contributed by atoms with van der Waals surface area (Å²) in [6.07, 6.45) is 0.732. The number of amides is 1. The maximum atomic E-state index is 13.1. The molecule has 30 heavy (non-hydrogen) atoms. The molecule has 0 radical (unpaired) electrons. The second-order valence-electron chi connectivity index (χ2n) is 7.21. The molecule has 0 spiro atoms. The molecule has 9 nitrogen and oxygen atoms in total. The predicted octanol–water partition coefficient (Wildman–Crippen LogP) is 1.05. The number of rotatable bonds is 7. The molecular formula is C20H29N3O6S. The number of allylic oxidation sites excluding steroid dienone is 1. The van der Waals surface area contributed by atoms with Gasteiger partial charge in [0.2, 0.25) is 0 Å². The van der Waals surface area contributed by atoms with E-state index in [1.54, 1.807) is 19.1 Å². The van der Waals surface area contributed by atoms with Crippen LogP contribution in [-0.4, -0.2) is 79.9 Å². The Balaban J connectivity index is 1.81. The smallest absolute Gasteiger partial charge is 0.269 e. The van der Waals surface area contributed by atoms with Gasteiger partial charge in [-0.3, -0.25) is 14.0 Å². The number of hydrogen-bond acceptors (Lipinski definition) is 7. The summed E-state index contributed by atoms with van der Waals surface area (Å²) in [5.74, 6) is 0.289. The molecule has 3 rings (SSSR count). The second-order valence-corrected chi connectivity index (χ2v) is 9.12. The first-order valence-electron chi connectivity index (χ1n) is 9.85. The van der Waals surface area contributed by atoms with Gasteiger partial charge in [0, 0.05) is 38.3 Å². The molecule has 0 saturated carbocycles. The van der Waals surface area contributed by atoms with E-state index < -0.39 is 15.9 Å². The minimum absolute atomic E-state index is 0.240. The zero-order chi connectivity index (χ0) is 21.9. The predicted molar refractivity (Wildman–Crippen MR) is 114 cm³/mol. The minimum atomic E-state index is -3.99. The summed E-state index contributed by atoms with van der Waals surface area (Å²) in [5.41, 5.74) is 1.44. The van der Waals surface area contributed by atoms with Crippen LogP contribution in [0.5, 0.6) is 11.5 Å². The van der Waals surface area contributed by atoms with Crippen LogP contribution < -0.4 is 19.1 Å². The SMILES string of the molecule is COc1cc2c(cc1OC)N(C)S(=O)(=O)C(C(=O)NCCCN1CCOCC1)=C2C. The standard InChI is InChI=1S/C20H29N3O6S/c1-14-15-12-17(27-3)18(28-4)13-16(15)22(2)30(25,26)19(14)20(24)21-6-5-7-23-8-10-29-11-9-23/h12-13H,5-11H2,1-4H3,(H,21,24). The van der Waals surface area contributed by atoms with Crippen molar-refractivity contribution in [1.82, 2.24) is 10.2 Å². The molecule has 10 heteroatoms. The van der Waals surface area contributed by atoms with Crippen molar-refractivity contribution in [3.05, 3.63) is 22.6 Å². The number of sulfonamides is 1. The number of carbonyl (C=O) groups excluding carboxylic acids is 1. The van der Waals surface area contributed by atoms with Crippen molar-refractivity contribution >= 4 is 27.2 Å². The Morgan fingerprint density at radius 1 is 1.17 bits per heavy atom. The Morgan fingerprint density at radius 2 is 1.80 bits per heavy atom. The van der Waals surface area contributed by atoms with Gasteiger partial charge in [0.05, 0.1) is 33.1 Å². The zero-order valence-corrected chi connectivity index (χ0v) is 18.7. The van der Waals surface area contributed by atoms with E-state index in [0.717, 1.165) is 43.6 Å². The molecule has 0 atom stereocenters. The van der Waals surface area contributed by atoms with Crippen molar-refractivity contribution in [2.45, 2.75) is 13.3 Å². The Morgan fingerprint density at radius 3 is 2.43 bits per heavy atom. The van der Waals surface area contributed by atoms with Gasteiger partial charge in [-0.15, -0.1) is 0 Å². The Hall–Kier alpha value is -2.30. The summed E-state index contributed by atoms with van der Waals surface area (Å²) in [7, 11) is 0.435. The molecule has 1 saturated heterocycles. The molecule has 0 bridgehead atoms.